The predicted octanol–water partition coefficient (Wildman–Crippen LogP) is 4.89. The maximum atomic E-state index is 12.6. The number of rotatable bonds is 7. The molecular formula is C20H20ClF2N3O3. The number of hydrogen-bond donors (Lipinski definition) is 1. The molecule has 29 heavy (non-hydrogen) atoms. The molecule has 0 radical (unpaired) electrons. The van der Waals surface area contributed by atoms with Crippen LogP contribution in [-0.2, 0) is 6.54 Å². The Kier molecular flexibility index (Phi) is 6.22. The van der Waals surface area contributed by atoms with Crippen molar-refractivity contribution in [2.24, 2.45) is 0 Å². The number of ether oxygens (including phenoxy) is 1. The summed E-state index contributed by atoms with van der Waals surface area (Å²) in [5.41, 5.74) is 1.95. The molecule has 0 aliphatic carbocycles. The summed E-state index contributed by atoms with van der Waals surface area (Å²) < 4.78 is 37.0. The Morgan fingerprint density at radius 3 is 2.66 bits per heavy atom. The summed E-state index contributed by atoms with van der Waals surface area (Å²) in [6.45, 7) is 2.71. The van der Waals surface area contributed by atoms with Gasteiger partial charge in [-0.1, -0.05) is 29.8 Å². The van der Waals surface area contributed by atoms with Crippen molar-refractivity contribution in [3.05, 3.63) is 69.9 Å². The lowest BCUT2D eigenvalue weighted by Crippen LogP contribution is -2.26. The van der Waals surface area contributed by atoms with E-state index < -0.39 is 18.6 Å². The molecule has 0 bridgehead atoms. The molecule has 1 unspecified atom stereocenters. The monoisotopic (exact) mass is 423 g/mol. The molecule has 1 amide bonds. The summed E-state index contributed by atoms with van der Waals surface area (Å²) >= 11 is 6.14. The van der Waals surface area contributed by atoms with Gasteiger partial charge in [-0.2, -0.15) is 13.9 Å². The van der Waals surface area contributed by atoms with E-state index in [0.29, 0.717) is 28.6 Å². The van der Waals surface area contributed by atoms with Gasteiger partial charge in [0.15, 0.2) is 5.76 Å². The fourth-order valence-electron chi connectivity index (χ4n) is 2.95. The summed E-state index contributed by atoms with van der Waals surface area (Å²) in [6, 6.07) is 8.96. The fraction of sp³-hybridized carbons (Fsp3) is 0.300. The average Bonchev–Trinajstić information content (AvgIpc) is 3.23. The molecule has 2 heterocycles. The van der Waals surface area contributed by atoms with E-state index in [1.54, 1.807) is 41.9 Å². The smallest absolute Gasteiger partial charge is 0.387 e. The van der Waals surface area contributed by atoms with E-state index in [1.807, 2.05) is 13.8 Å². The number of benzene rings is 1. The Morgan fingerprint density at radius 1 is 1.28 bits per heavy atom. The van der Waals surface area contributed by atoms with Gasteiger partial charge in [-0.25, -0.2) is 0 Å². The van der Waals surface area contributed by atoms with Gasteiger partial charge < -0.3 is 14.5 Å². The summed E-state index contributed by atoms with van der Waals surface area (Å²) in [4.78, 5) is 12.5. The van der Waals surface area contributed by atoms with Gasteiger partial charge in [-0.15, -0.1) is 0 Å². The van der Waals surface area contributed by atoms with Crippen LogP contribution >= 0.6 is 11.6 Å². The maximum Gasteiger partial charge on any atom is 0.387 e. The Balaban J connectivity index is 1.70. The van der Waals surface area contributed by atoms with Crippen molar-refractivity contribution in [3.8, 4) is 5.75 Å². The molecule has 1 atom stereocenters. The van der Waals surface area contributed by atoms with Crippen molar-refractivity contribution in [3.63, 3.8) is 0 Å². The molecule has 2 aromatic heterocycles. The standard InChI is InChI=1S/C20H20ClF2N3O3/c1-11(15-6-4-5-7-16(15)29-20(22)23)24-19(27)17-9-8-14(28-17)10-26-13(3)18(21)12(2)25-26/h4-9,11,20H,10H2,1-3H3,(H,24,27). The number of amides is 1. The van der Waals surface area contributed by atoms with Crippen LogP contribution in [0.25, 0.3) is 0 Å². The van der Waals surface area contributed by atoms with Crippen LogP contribution in [0.1, 0.15) is 46.2 Å². The number of aromatic nitrogens is 2. The molecule has 1 aromatic carbocycles. The molecule has 0 saturated carbocycles. The van der Waals surface area contributed by atoms with E-state index >= 15 is 0 Å². The predicted molar refractivity (Wildman–Crippen MR) is 103 cm³/mol. The first kappa shape index (κ1) is 20.9. The highest BCUT2D eigenvalue weighted by molar-refractivity contribution is 6.31. The van der Waals surface area contributed by atoms with Crippen LogP contribution in [0, 0.1) is 13.8 Å². The normalized spacial score (nSPS) is 12.2. The van der Waals surface area contributed by atoms with Crippen molar-refractivity contribution < 1.29 is 22.7 Å². The number of hydrogen-bond acceptors (Lipinski definition) is 4. The lowest BCUT2D eigenvalue weighted by atomic mass is 10.1. The molecule has 3 aromatic rings. The van der Waals surface area contributed by atoms with Gasteiger partial charge in [0, 0.05) is 5.56 Å². The summed E-state index contributed by atoms with van der Waals surface area (Å²) in [7, 11) is 0. The largest absolute Gasteiger partial charge is 0.454 e. The van der Waals surface area contributed by atoms with Gasteiger partial charge >= 0.3 is 6.61 Å². The van der Waals surface area contributed by atoms with Crippen molar-refractivity contribution in [1.29, 1.82) is 0 Å². The number of aryl methyl sites for hydroxylation is 1. The van der Waals surface area contributed by atoms with E-state index in [2.05, 4.69) is 15.2 Å². The fourth-order valence-corrected chi connectivity index (χ4v) is 3.08. The van der Waals surface area contributed by atoms with E-state index in [1.165, 1.54) is 6.07 Å². The first-order valence-corrected chi connectivity index (χ1v) is 9.27. The minimum atomic E-state index is -2.95. The van der Waals surface area contributed by atoms with Crippen molar-refractivity contribution >= 4 is 17.5 Å². The molecular weight excluding hydrogens is 404 g/mol. The van der Waals surface area contributed by atoms with E-state index in [0.717, 1.165) is 5.69 Å². The third-order valence-electron chi connectivity index (χ3n) is 4.43. The molecule has 0 saturated heterocycles. The number of nitrogens with zero attached hydrogens (tertiary/aromatic N) is 2. The maximum absolute atomic E-state index is 12.6. The van der Waals surface area contributed by atoms with Crippen LogP contribution < -0.4 is 10.1 Å². The molecule has 0 aliphatic heterocycles. The molecule has 3 rings (SSSR count). The van der Waals surface area contributed by atoms with E-state index in [9.17, 15) is 13.6 Å². The first-order valence-electron chi connectivity index (χ1n) is 8.89. The third kappa shape index (κ3) is 4.76. The van der Waals surface area contributed by atoms with Crippen molar-refractivity contribution in [2.75, 3.05) is 0 Å². The number of halogens is 3. The highest BCUT2D eigenvalue weighted by atomic mass is 35.5. The minimum absolute atomic E-state index is 0.0110. The molecule has 0 spiro atoms. The first-order chi connectivity index (χ1) is 13.8. The van der Waals surface area contributed by atoms with Crippen LogP contribution in [0.15, 0.2) is 40.8 Å². The number of nitrogens with one attached hydrogen (secondary N) is 1. The second-order valence-electron chi connectivity index (χ2n) is 6.52. The number of furan rings is 1. The third-order valence-corrected chi connectivity index (χ3v) is 4.98. The molecule has 154 valence electrons. The zero-order valence-corrected chi connectivity index (χ0v) is 16.8. The van der Waals surface area contributed by atoms with Gasteiger partial charge in [-0.3, -0.25) is 9.48 Å². The second-order valence-corrected chi connectivity index (χ2v) is 6.90. The van der Waals surface area contributed by atoms with Crippen LogP contribution in [0.5, 0.6) is 5.75 Å². The van der Waals surface area contributed by atoms with Crippen molar-refractivity contribution in [2.45, 2.75) is 40.0 Å². The average molecular weight is 424 g/mol. The second kappa shape index (κ2) is 8.65. The number of carbonyl (C=O) groups excluding carboxylic acids is 1. The van der Waals surface area contributed by atoms with Crippen molar-refractivity contribution in [1.82, 2.24) is 15.1 Å². The molecule has 1 N–H and O–H groups in total. The number of alkyl halides is 2. The van der Waals surface area contributed by atoms with E-state index in [-0.39, 0.29) is 11.5 Å². The van der Waals surface area contributed by atoms with Gasteiger partial charge in [0.1, 0.15) is 11.5 Å². The summed E-state index contributed by atoms with van der Waals surface area (Å²) in [5.74, 6) is 0.178. The van der Waals surface area contributed by atoms with Crippen LogP contribution in [0.3, 0.4) is 0 Å². The lowest BCUT2D eigenvalue weighted by molar-refractivity contribution is -0.0506. The Hall–Kier alpha value is -2.87. The molecule has 9 heteroatoms. The van der Waals surface area contributed by atoms with Gasteiger partial charge in [-0.05, 0) is 39.0 Å². The van der Waals surface area contributed by atoms with E-state index in [4.69, 9.17) is 16.0 Å². The zero-order valence-electron chi connectivity index (χ0n) is 16.1. The Morgan fingerprint density at radius 2 is 2.00 bits per heavy atom. The van der Waals surface area contributed by atoms with Crippen LogP contribution in [-0.4, -0.2) is 22.3 Å². The quantitative estimate of drug-likeness (QED) is 0.587. The lowest BCUT2D eigenvalue weighted by Gasteiger charge is -2.17. The van der Waals surface area contributed by atoms with Gasteiger partial charge in [0.05, 0.1) is 29.0 Å². The van der Waals surface area contributed by atoms with Gasteiger partial charge in [0.2, 0.25) is 0 Å². The Bertz CT molecular complexity index is 1020. The molecule has 6 nitrogen and oxygen atoms in total. The topological polar surface area (TPSA) is 69.3 Å². The minimum Gasteiger partial charge on any atom is -0.454 e. The van der Waals surface area contributed by atoms with Crippen LogP contribution in [0.4, 0.5) is 8.78 Å². The number of carbonyl (C=O) groups is 1. The zero-order chi connectivity index (χ0) is 21.1. The highest BCUT2D eigenvalue weighted by Gasteiger charge is 2.19. The Labute approximate surface area is 171 Å². The van der Waals surface area contributed by atoms with Crippen LogP contribution in [0.2, 0.25) is 5.02 Å². The summed E-state index contributed by atoms with van der Waals surface area (Å²) in [5, 5.41) is 7.65. The summed E-state index contributed by atoms with van der Waals surface area (Å²) in [6.07, 6.45) is 0. The SMILES string of the molecule is Cc1nn(Cc2ccc(C(=O)NC(C)c3ccccc3OC(F)F)o2)c(C)c1Cl. The molecule has 0 fully saturated rings. The number of para-hydroxylation sites is 1. The highest BCUT2D eigenvalue weighted by Crippen LogP contribution is 2.27. The molecule has 0 aliphatic rings. The van der Waals surface area contributed by atoms with Gasteiger partial charge in [0.25, 0.3) is 5.91 Å².